The van der Waals surface area contributed by atoms with E-state index in [2.05, 4.69) is 25.1 Å². The highest BCUT2D eigenvalue weighted by atomic mass is 16.7. The van der Waals surface area contributed by atoms with Crippen LogP contribution in [0.4, 0.5) is 0 Å². The van der Waals surface area contributed by atoms with Crippen LogP contribution in [0.5, 0.6) is 0 Å². The summed E-state index contributed by atoms with van der Waals surface area (Å²) in [4.78, 5) is 13.1. The lowest BCUT2D eigenvalue weighted by molar-refractivity contribution is -0.207. The van der Waals surface area contributed by atoms with Crippen molar-refractivity contribution >= 4 is 5.78 Å². The fourth-order valence-corrected chi connectivity index (χ4v) is 7.80. The van der Waals surface area contributed by atoms with E-state index in [4.69, 9.17) is 9.47 Å². The Morgan fingerprint density at radius 1 is 1.18 bits per heavy atom. The zero-order chi connectivity index (χ0) is 24.3. The van der Waals surface area contributed by atoms with Crippen molar-refractivity contribution in [3.8, 4) is 0 Å². The Kier molecular flexibility index (Phi) is 4.72. The molecule has 6 nitrogen and oxygen atoms in total. The Hall–Kier alpha value is -1.57. The summed E-state index contributed by atoms with van der Waals surface area (Å²) < 4.78 is 11.8. The third kappa shape index (κ3) is 2.72. The number of aliphatic hydroxyl groups is 3. The summed E-state index contributed by atoms with van der Waals surface area (Å²) in [7, 11) is 0. The molecule has 1 saturated carbocycles. The number of ketones is 1. The van der Waals surface area contributed by atoms with Crippen molar-refractivity contribution in [1.82, 2.24) is 0 Å². The fourth-order valence-electron chi connectivity index (χ4n) is 7.80. The Bertz CT molecular complexity index is 1080. The van der Waals surface area contributed by atoms with Crippen molar-refractivity contribution in [3.05, 3.63) is 47.0 Å². The van der Waals surface area contributed by atoms with Crippen molar-refractivity contribution in [2.75, 3.05) is 0 Å². The van der Waals surface area contributed by atoms with Crippen molar-refractivity contribution in [2.45, 2.75) is 107 Å². The number of hydrogen-bond donors (Lipinski definition) is 3. The molecule has 0 unspecified atom stereocenters. The van der Waals surface area contributed by atoms with E-state index in [1.165, 1.54) is 11.1 Å². The van der Waals surface area contributed by atoms with Crippen LogP contribution < -0.4 is 0 Å². The third-order valence-electron chi connectivity index (χ3n) is 10.6. The molecule has 0 spiro atoms. The second kappa shape index (κ2) is 7.01. The molecule has 3 aliphatic carbocycles. The first-order chi connectivity index (χ1) is 15.9. The minimum Gasteiger partial charge on any atom is -0.390 e. The first-order valence-corrected chi connectivity index (χ1v) is 12.7. The number of carbonyl (C=O) groups is 1. The minimum absolute atomic E-state index is 0.00408. The van der Waals surface area contributed by atoms with Gasteiger partial charge in [0.2, 0.25) is 0 Å². The summed E-state index contributed by atoms with van der Waals surface area (Å²) >= 11 is 0. The number of epoxide rings is 1. The van der Waals surface area contributed by atoms with Crippen LogP contribution in [0.3, 0.4) is 0 Å². The molecule has 1 aromatic carbocycles. The van der Waals surface area contributed by atoms with E-state index >= 15 is 0 Å². The molecule has 0 aromatic heterocycles. The SMILES string of the molecule is C[C@@H](c1ccc2c(c1)CC[C@H]1[C@H]2C[C@@H](O)[C@@]2(O)CC=CC(=O)[C@]12C)[C@@H]1C[C@]2(C)O[C@]2(C)[C@H](O)O1. The first kappa shape index (κ1) is 22.9. The van der Waals surface area contributed by atoms with E-state index < -0.39 is 29.0 Å². The van der Waals surface area contributed by atoms with Crippen molar-refractivity contribution < 1.29 is 29.6 Å². The number of aliphatic hydroxyl groups excluding tert-OH is 2. The predicted molar refractivity (Wildman–Crippen MR) is 125 cm³/mol. The van der Waals surface area contributed by atoms with Crippen molar-refractivity contribution in [1.29, 1.82) is 0 Å². The van der Waals surface area contributed by atoms with Crippen LogP contribution in [0.2, 0.25) is 0 Å². The van der Waals surface area contributed by atoms with Gasteiger partial charge in [-0.15, -0.1) is 0 Å². The number of ether oxygens (including phenoxy) is 2. The summed E-state index contributed by atoms with van der Waals surface area (Å²) in [5.41, 5.74) is 0.258. The van der Waals surface area contributed by atoms with Crippen LogP contribution in [0, 0.1) is 11.3 Å². The lowest BCUT2D eigenvalue weighted by Gasteiger charge is -2.59. The smallest absolute Gasteiger partial charge is 0.186 e. The molecular weight excluding hydrogens is 432 g/mol. The Balaban J connectivity index is 1.29. The second-order valence-electron chi connectivity index (χ2n) is 12.0. The third-order valence-corrected chi connectivity index (χ3v) is 10.6. The summed E-state index contributed by atoms with van der Waals surface area (Å²) in [6.07, 6.45) is 4.46. The molecule has 2 saturated heterocycles. The molecule has 34 heavy (non-hydrogen) atoms. The number of aryl methyl sites for hydroxylation is 1. The van der Waals surface area contributed by atoms with Crippen LogP contribution in [-0.2, 0) is 20.7 Å². The van der Waals surface area contributed by atoms with E-state index in [1.54, 1.807) is 12.2 Å². The Morgan fingerprint density at radius 3 is 2.68 bits per heavy atom. The van der Waals surface area contributed by atoms with Crippen LogP contribution in [-0.4, -0.2) is 56.4 Å². The molecule has 6 heteroatoms. The van der Waals surface area contributed by atoms with E-state index in [0.29, 0.717) is 12.8 Å². The normalized spacial score (nSPS) is 50.0. The highest BCUT2D eigenvalue weighted by Gasteiger charge is 2.72. The standard InChI is InChI=1S/C28H36O6/c1-15(21-14-25(2)27(4,34-25)24(31)33-21)16-7-9-18-17(12-16)8-10-20-19(18)13-23(30)28(32)11-5-6-22(29)26(20,28)3/h5-7,9,12,15,19-21,23-24,30-32H,8,10-11,13-14H2,1-4H3/t15-,19-,20-,21-,23+,24+,25-,26-,27+,28-/m0/s1. The molecule has 2 heterocycles. The molecule has 184 valence electrons. The van der Waals surface area contributed by atoms with Gasteiger partial charge in [0.15, 0.2) is 12.1 Å². The maximum atomic E-state index is 13.1. The molecule has 5 aliphatic rings. The quantitative estimate of drug-likeness (QED) is 0.577. The number of allylic oxidation sites excluding steroid dienone is 1. The van der Waals surface area contributed by atoms with Gasteiger partial charge in [-0.25, -0.2) is 0 Å². The summed E-state index contributed by atoms with van der Waals surface area (Å²) in [6, 6.07) is 6.53. The van der Waals surface area contributed by atoms with Gasteiger partial charge in [-0.2, -0.15) is 0 Å². The van der Waals surface area contributed by atoms with Crippen LogP contribution in [0.25, 0.3) is 0 Å². The van der Waals surface area contributed by atoms with Crippen LogP contribution in [0.1, 0.15) is 81.9 Å². The monoisotopic (exact) mass is 468 g/mol. The molecule has 6 rings (SSSR count). The largest absolute Gasteiger partial charge is 0.390 e. The average Bonchev–Trinajstić information content (AvgIpc) is 3.38. The average molecular weight is 469 g/mol. The number of rotatable bonds is 2. The molecule has 0 amide bonds. The van der Waals surface area contributed by atoms with Crippen molar-refractivity contribution in [2.24, 2.45) is 11.3 Å². The maximum Gasteiger partial charge on any atom is 0.186 e. The van der Waals surface area contributed by atoms with Gasteiger partial charge in [0.05, 0.1) is 17.6 Å². The van der Waals surface area contributed by atoms with E-state index in [9.17, 15) is 20.1 Å². The van der Waals surface area contributed by atoms with Gasteiger partial charge in [0, 0.05) is 12.3 Å². The van der Waals surface area contributed by atoms with E-state index in [1.807, 2.05) is 20.8 Å². The topological polar surface area (TPSA) is 99.5 Å². The van der Waals surface area contributed by atoms with E-state index in [0.717, 1.165) is 24.8 Å². The van der Waals surface area contributed by atoms with Crippen LogP contribution >= 0.6 is 0 Å². The zero-order valence-corrected chi connectivity index (χ0v) is 20.5. The highest BCUT2D eigenvalue weighted by molar-refractivity contribution is 5.97. The molecule has 3 N–H and O–H groups in total. The Labute approximate surface area is 201 Å². The van der Waals surface area contributed by atoms with Gasteiger partial charge < -0.3 is 24.8 Å². The molecule has 10 atom stereocenters. The van der Waals surface area contributed by atoms with Gasteiger partial charge in [-0.1, -0.05) is 31.2 Å². The maximum absolute atomic E-state index is 13.1. The van der Waals surface area contributed by atoms with Gasteiger partial charge in [0.1, 0.15) is 16.8 Å². The van der Waals surface area contributed by atoms with E-state index in [-0.39, 0.29) is 35.2 Å². The molecule has 0 radical (unpaired) electrons. The fraction of sp³-hybridized carbons (Fsp3) is 0.679. The second-order valence-corrected chi connectivity index (χ2v) is 12.0. The van der Waals surface area contributed by atoms with Gasteiger partial charge in [-0.05, 0) is 81.1 Å². The molecule has 3 fully saturated rings. The molecule has 0 bridgehead atoms. The Morgan fingerprint density at radius 2 is 1.94 bits per heavy atom. The number of benzene rings is 1. The lowest BCUT2D eigenvalue weighted by Crippen LogP contribution is -2.67. The predicted octanol–water partition coefficient (Wildman–Crippen LogP) is 3.12. The van der Waals surface area contributed by atoms with Gasteiger partial charge in [-0.3, -0.25) is 4.79 Å². The number of hydrogen-bond acceptors (Lipinski definition) is 6. The summed E-state index contributed by atoms with van der Waals surface area (Å²) in [5.74, 6) is 0.0546. The van der Waals surface area contributed by atoms with Crippen LogP contribution in [0.15, 0.2) is 30.4 Å². The first-order valence-electron chi connectivity index (χ1n) is 12.7. The molecular formula is C28H36O6. The van der Waals surface area contributed by atoms with Crippen molar-refractivity contribution in [3.63, 3.8) is 0 Å². The molecule has 1 aromatic rings. The minimum atomic E-state index is -1.40. The molecule has 2 aliphatic heterocycles. The van der Waals surface area contributed by atoms with Gasteiger partial charge >= 0.3 is 0 Å². The summed E-state index contributed by atoms with van der Waals surface area (Å²) in [5, 5.41) is 33.0. The van der Waals surface area contributed by atoms with Gasteiger partial charge in [0.25, 0.3) is 0 Å². The number of fused-ring (bicyclic) bond motifs is 6. The highest BCUT2D eigenvalue weighted by Crippen LogP contribution is 2.61. The summed E-state index contributed by atoms with van der Waals surface area (Å²) in [6.45, 7) is 7.95. The lowest BCUT2D eigenvalue weighted by atomic mass is 9.47. The number of carbonyl (C=O) groups excluding carboxylic acids is 1. The zero-order valence-electron chi connectivity index (χ0n) is 20.5.